The normalized spacial score (nSPS) is 12.0. The summed E-state index contributed by atoms with van der Waals surface area (Å²) >= 11 is 7.47. The molecule has 0 bridgehead atoms. The molecule has 0 atom stereocenters. The van der Waals surface area contributed by atoms with E-state index in [1.807, 2.05) is 13.0 Å². The Morgan fingerprint density at radius 1 is 1.26 bits per heavy atom. The average Bonchev–Trinajstić information content (AvgIpc) is 2.92. The Labute approximate surface area is 137 Å². The number of pyridine rings is 1. The summed E-state index contributed by atoms with van der Waals surface area (Å²) in [7, 11) is 0. The van der Waals surface area contributed by atoms with Crippen molar-refractivity contribution in [3.8, 4) is 11.3 Å². The van der Waals surface area contributed by atoms with Gasteiger partial charge in [0.1, 0.15) is 5.15 Å². The molecule has 0 radical (unpaired) electrons. The van der Waals surface area contributed by atoms with Gasteiger partial charge in [-0.15, -0.1) is 16.9 Å². The third-order valence-corrected chi connectivity index (χ3v) is 3.98. The lowest BCUT2D eigenvalue weighted by Gasteiger charge is -2.07. The van der Waals surface area contributed by atoms with Gasteiger partial charge in [-0.25, -0.2) is 14.5 Å². The molecule has 0 amide bonds. The van der Waals surface area contributed by atoms with Gasteiger partial charge in [0.15, 0.2) is 0 Å². The van der Waals surface area contributed by atoms with Gasteiger partial charge in [-0.3, -0.25) is 0 Å². The number of halogens is 4. The summed E-state index contributed by atoms with van der Waals surface area (Å²) in [6.45, 7) is 1.98. The van der Waals surface area contributed by atoms with Gasteiger partial charge in [0.05, 0.1) is 5.69 Å². The first-order chi connectivity index (χ1) is 10.9. The van der Waals surface area contributed by atoms with E-state index < -0.39 is 12.0 Å². The first-order valence-electron chi connectivity index (χ1n) is 6.48. The summed E-state index contributed by atoms with van der Waals surface area (Å²) in [5.74, 6) is -0.551. The first-order valence-corrected chi connectivity index (χ1v) is 7.84. The van der Waals surface area contributed by atoms with Crippen molar-refractivity contribution in [3.05, 3.63) is 35.5 Å². The molecule has 0 fully saturated rings. The molecule has 3 aromatic heterocycles. The largest absolute Gasteiger partial charge is 0.453 e. The van der Waals surface area contributed by atoms with Crippen LogP contribution in [0.25, 0.3) is 17.0 Å². The molecule has 0 aliphatic heterocycles. The number of alkyl halides is 3. The van der Waals surface area contributed by atoms with E-state index in [-0.39, 0.29) is 10.9 Å². The lowest BCUT2D eigenvalue weighted by Crippen LogP contribution is -2.07. The van der Waals surface area contributed by atoms with Crippen LogP contribution < -0.4 is 0 Å². The number of fused-ring (bicyclic) bond motifs is 1. The van der Waals surface area contributed by atoms with E-state index in [0.29, 0.717) is 11.3 Å². The van der Waals surface area contributed by atoms with Gasteiger partial charge in [0.2, 0.25) is 0 Å². The van der Waals surface area contributed by atoms with E-state index in [9.17, 15) is 13.2 Å². The predicted molar refractivity (Wildman–Crippen MR) is 80.4 cm³/mol. The quantitative estimate of drug-likeness (QED) is 0.523. The van der Waals surface area contributed by atoms with Crippen LogP contribution in [0.4, 0.5) is 13.2 Å². The van der Waals surface area contributed by atoms with E-state index >= 15 is 0 Å². The van der Waals surface area contributed by atoms with E-state index in [1.165, 1.54) is 12.4 Å². The fraction of sp³-hybridized carbons (Fsp3) is 0.231. The minimum absolute atomic E-state index is 0.132. The van der Waals surface area contributed by atoms with Gasteiger partial charge < -0.3 is 0 Å². The zero-order valence-electron chi connectivity index (χ0n) is 11.7. The molecule has 0 aliphatic carbocycles. The Kier molecular flexibility index (Phi) is 4.15. The number of rotatable bonds is 3. The van der Waals surface area contributed by atoms with Crippen LogP contribution >= 0.6 is 23.4 Å². The highest BCUT2D eigenvalue weighted by atomic mass is 35.5. The minimum atomic E-state index is -4.62. The van der Waals surface area contributed by atoms with Crippen molar-refractivity contribution in [2.24, 2.45) is 0 Å². The lowest BCUT2D eigenvalue weighted by molar-refractivity contribution is -0.144. The SMILES string of the molecule is CCSc1ccc(Cl)nc1-c1cnc2nc(C(F)(F)F)nn2c1. The second-order valence-corrected chi connectivity index (χ2v) is 6.13. The van der Waals surface area contributed by atoms with Crippen molar-refractivity contribution < 1.29 is 13.2 Å². The molecule has 3 aromatic rings. The van der Waals surface area contributed by atoms with Crippen molar-refractivity contribution in [2.45, 2.75) is 18.0 Å². The van der Waals surface area contributed by atoms with Gasteiger partial charge >= 0.3 is 6.18 Å². The van der Waals surface area contributed by atoms with Gasteiger partial charge in [-0.2, -0.15) is 18.2 Å². The summed E-state index contributed by atoms with van der Waals surface area (Å²) in [4.78, 5) is 12.4. The molecule has 23 heavy (non-hydrogen) atoms. The van der Waals surface area contributed by atoms with Gasteiger partial charge in [0, 0.05) is 22.9 Å². The highest BCUT2D eigenvalue weighted by molar-refractivity contribution is 7.99. The molecule has 0 spiro atoms. The number of hydrogen-bond donors (Lipinski definition) is 0. The molecular weight excluding hydrogens is 351 g/mol. The van der Waals surface area contributed by atoms with Crippen LogP contribution in [-0.2, 0) is 6.18 Å². The Morgan fingerprint density at radius 2 is 2.04 bits per heavy atom. The highest BCUT2D eigenvalue weighted by Crippen LogP contribution is 2.31. The fourth-order valence-electron chi connectivity index (χ4n) is 1.93. The smallest absolute Gasteiger partial charge is 0.235 e. The fourth-order valence-corrected chi connectivity index (χ4v) is 2.85. The van der Waals surface area contributed by atoms with Crippen LogP contribution in [0, 0.1) is 0 Å². The molecule has 0 saturated heterocycles. The summed E-state index contributed by atoms with van der Waals surface area (Å²) < 4.78 is 39.0. The second kappa shape index (κ2) is 5.97. The van der Waals surface area contributed by atoms with Crippen molar-refractivity contribution in [1.29, 1.82) is 0 Å². The maximum Gasteiger partial charge on any atom is 0.453 e. The van der Waals surface area contributed by atoms with Gasteiger partial charge in [-0.1, -0.05) is 18.5 Å². The number of hydrogen-bond acceptors (Lipinski definition) is 5. The van der Waals surface area contributed by atoms with E-state index in [4.69, 9.17) is 11.6 Å². The van der Waals surface area contributed by atoms with Crippen LogP contribution in [0.2, 0.25) is 5.15 Å². The van der Waals surface area contributed by atoms with E-state index in [0.717, 1.165) is 15.2 Å². The average molecular weight is 360 g/mol. The summed E-state index contributed by atoms with van der Waals surface area (Å²) in [5.41, 5.74) is 1.05. The zero-order chi connectivity index (χ0) is 16.6. The highest BCUT2D eigenvalue weighted by Gasteiger charge is 2.36. The molecule has 0 aromatic carbocycles. The van der Waals surface area contributed by atoms with Crippen LogP contribution in [0.3, 0.4) is 0 Å². The predicted octanol–water partition coefficient (Wildman–Crippen LogP) is 3.97. The van der Waals surface area contributed by atoms with Crippen LogP contribution in [0.5, 0.6) is 0 Å². The molecule has 10 heteroatoms. The van der Waals surface area contributed by atoms with E-state index in [2.05, 4.69) is 20.1 Å². The summed E-state index contributed by atoms with van der Waals surface area (Å²) in [6.07, 6.45) is -1.81. The van der Waals surface area contributed by atoms with Crippen molar-refractivity contribution in [1.82, 2.24) is 24.6 Å². The Morgan fingerprint density at radius 3 is 2.74 bits per heavy atom. The van der Waals surface area contributed by atoms with Gasteiger partial charge in [0.25, 0.3) is 11.6 Å². The standard InChI is InChI=1S/C13H9ClF3N5S/c1-2-23-8-3-4-9(14)19-10(8)7-5-18-12-20-11(13(15,16)17)21-22(12)6-7/h3-6H,2H2,1H3. The number of aromatic nitrogens is 5. The molecule has 0 aliphatic rings. The topological polar surface area (TPSA) is 56.0 Å². The van der Waals surface area contributed by atoms with Crippen LogP contribution in [-0.4, -0.2) is 30.3 Å². The lowest BCUT2D eigenvalue weighted by atomic mass is 10.2. The molecule has 0 unspecified atom stereocenters. The molecular formula is C13H9ClF3N5S. The maximum absolute atomic E-state index is 12.7. The summed E-state index contributed by atoms with van der Waals surface area (Å²) in [6, 6.07) is 3.47. The van der Waals surface area contributed by atoms with Crippen molar-refractivity contribution in [3.63, 3.8) is 0 Å². The van der Waals surface area contributed by atoms with Crippen LogP contribution in [0.1, 0.15) is 12.7 Å². The minimum Gasteiger partial charge on any atom is -0.235 e. The summed E-state index contributed by atoms with van der Waals surface area (Å²) in [5, 5.41) is 3.71. The number of nitrogens with zero attached hydrogens (tertiary/aromatic N) is 5. The Hall–Kier alpha value is -1.87. The van der Waals surface area contributed by atoms with Crippen LogP contribution in [0.15, 0.2) is 29.4 Å². The molecule has 3 heterocycles. The second-order valence-electron chi connectivity index (χ2n) is 4.43. The Balaban J connectivity index is 2.12. The molecule has 3 rings (SSSR count). The third kappa shape index (κ3) is 3.25. The molecule has 0 N–H and O–H groups in total. The molecule has 120 valence electrons. The Bertz CT molecular complexity index is 864. The molecule has 5 nitrogen and oxygen atoms in total. The third-order valence-electron chi connectivity index (χ3n) is 2.84. The monoisotopic (exact) mass is 359 g/mol. The molecule has 0 saturated carbocycles. The van der Waals surface area contributed by atoms with Gasteiger partial charge in [-0.05, 0) is 17.9 Å². The first kappa shape index (κ1) is 16.0. The maximum atomic E-state index is 12.7. The zero-order valence-corrected chi connectivity index (χ0v) is 13.2. The van der Waals surface area contributed by atoms with Crippen molar-refractivity contribution >= 4 is 29.1 Å². The van der Waals surface area contributed by atoms with Crippen molar-refractivity contribution in [2.75, 3.05) is 5.75 Å². The van der Waals surface area contributed by atoms with E-state index in [1.54, 1.807) is 17.8 Å². The number of thioether (sulfide) groups is 1.